The van der Waals surface area contributed by atoms with Gasteiger partial charge >= 0.3 is 0 Å². The Hall–Kier alpha value is -1.75. The van der Waals surface area contributed by atoms with E-state index in [0.717, 1.165) is 36.5 Å². The van der Waals surface area contributed by atoms with Crippen LogP contribution in [0.15, 0.2) is 18.2 Å². The highest BCUT2D eigenvalue weighted by Gasteiger charge is 2.26. The number of hydrogen-bond donors (Lipinski definition) is 1. The van der Waals surface area contributed by atoms with Gasteiger partial charge in [0, 0.05) is 19.6 Å². The second-order valence-electron chi connectivity index (χ2n) is 7.00. The van der Waals surface area contributed by atoms with Crippen LogP contribution in [0.4, 0.5) is 0 Å². The Balaban J connectivity index is 1.47. The SMILES string of the molecule is CC(C)C1CC(CC(=O)NCc2ccc3c(c2)OCCO3)CCO1. The topological polar surface area (TPSA) is 56.8 Å². The summed E-state index contributed by atoms with van der Waals surface area (Å²) in [6.45, 7) is 6.80. The summed E-state index contributed by atoms with van der Waals surface area (Å²) >= 11 is 0. The van der Waals surface area contributed by atoms with Crippen LogP contribution in [0, 0.1) is 11.8 Å². The number of fused-ring (bicyclic) bond motifs is 1. The van der Waals surface area contributed by atoms with Crippen molar-refractivity contribution < 1.29 is 19.0 Å². The maximum absolute atomic E-state index is 12.2. The van der Waals surface area contributed by atoms with Gasteiger partial charge in [0.15, 0.2) is 11.5 Å². The van der Waals surface area contributed by atoms with E-state index in [1.54, 1.807) is 0 Å². The van der Waals surface area contributed by atoms with Gasteiger partial charge in [0.05, 0.1) is 6.10 Å². The molecule has 0 spiro atoms. The van der Waals surface area contributed by atoms with Crippen LogP contribution in [0.1, 0.15) is 38.7 Å². The predicted octanol–water partition coefficient (Wildman–Crippen LogP) is 2.92. The predicted molar refractivity (Wildman–Crippen MR) is 91.2 cm³/mol. The molecule has 5 nitrogen and oxygen atoms in total. The molecular weight excluding hydrogens is 306 g/mol. The van der Waals surface area contributed by atoms with Crippen LogP contribution in [-0.2, 0) is 16.1 Å². The van der Waals surface area contributed by atoms with Crippen molar-refractivity contribution in [2.24, 2.45) is 11.8 Å². The summed E-state index contributed by atoms with van der Waals surface area (Å²) in [5.74, 6) is 2.58. The van der Waals surface area contributed by atoms with E-state index in [1.165, 1.54) is 0 Å². The second-order valence-corrected chi connectivity index (χ2v) is 7.00. The zero-order valence-electron chi connectivity index (χ0n) is 14.5. The van der Waals surface area contributed by atoms with Crippen molar-refractivity contribution in [3.63, 3.8) is 0 Å². The Bertz CT molecular complexity index is 572. The molecule has 0 aromatic heterocycles. The number of ether oxygens (including phenoxy) is 3. The third-order valence-electron chi connectivity index (χ3n) is 4.74. The Kier molecular flexibility index (Phi) is 5.61. The molecule has 1 N–H and O–H groups in total. The molecule has 1 fully saturated rings. The first-order chi connectivity index (χ1) is 11.6. The van der Waals surface area contributed by atoms with Gasteiger partial charge in [-0.15, -0.1) is 0 Å². The lowest BCUT2D eigenvalue weighted by molar-refractivity contribution is -0.123. The Morgan fingerprint density at radius 2 is 2.00 bits per heavy atom. The minimum absolute atomic E-state index is 0.110. The molecule has 0 bridgehead atoms. The van der Waals surface area contributed by atoms with E-state index >= 15 is 0 Å². The molecule has 1 aromatic rings. The van der Waals surface area contributed by atoms with Crippen molar-refractivity contribution in [3.05, 3.63) is 23.8 Å². The van der Waals surface area contributed by atoms with Crippen LogP contribution >= 0.6 is 0 Å². The summed E-state index contributed by atoms with van der Waals surface area (Å²) in [5.41, 5.74) is 1.03. The molecule has 0 radical (unpaired) electrons. The smallest absolute Gasteiger partial charge is 0.220 e. The number of carbonyl (C=O) groups excluding carboxylic acids is 1. The minimum Gasteiger partial charge on any atom is -0.486 e. The van der Waals surface area contributed by atoms with Crippen LogP contribution in [-0.4, -0.2) is 31.8 Å². The molecule has 3 rings (SSSR count). The summed E-state index contributed by atoms with van der Waals surface area (Å²) in [6.07, 6.45) is 2.82. The molecule has 2 aliphatic rings. The van der Waals surface area contributed by atoms with Crippen LogP contribution in [0.5, 0.6) is 11.5 Å². The van der Waals surface area contributed by atoms with Gasteiger partial charge in [-0.2, -0.15) is 0 Å². The quantitative estimate of drug-likeness (QED) is 0.900. The summed E-state index contributed by atoms with van der Waals surface area (Å²) in [4.78, 5) is 12.2. The molecule has 1 saturated heterocycles. The minimum atomic E-state index is 0.110. The van der Waals surface area contributed by atoms with Gasteiger partial charge < -0.3 is 19.5 Å². The molecule has 2 atom stereocenters. The summed E-state index contributed by atoms with van der Waals surface area (Å²) in [5, 5.41) is 3.02. The normalized spacial score (nSPS) is 23.1. The first-order valence-electron chi connectivity index (χ1n) is 8.88. The number of nitrogens with one attached hydrogen (secondary N) is 1. The van der Waals surface area contributed by atoms with Crippen LogP contribution in [0.3, 0.4) is 0 Å². The zero-order chi connectivity index (χ0) is 16.9. The molecular formula is C19H27NO4. The van der Waals surface area contributed by atoms with Crippen LogP contribution in [0.25, 0.3) is 0 Å². The number of benzene rings is 1. The van der Waals surface area contributed by atoms with Gasteiger partial charge in [-0.25, -0.2) is 0 Å². The molecule has 24 heavy (non-hydrogen) atoms. The fourth-order valence-electron chi connectivity index (χ4n) is 3.28. The number of hydrogen-bond acceptors (Lipinski definition) is 4. The van der Waals surface area contributed by atoms with E-state index in [1.807, 2.05) is 18.2 Å². The number of amides is 1. The molecule has 1 amide bonds. The number of carbonyl (C=O) groups is 1. The number of rotatable bonds is 5. The van der Waals surface area contributed by atoms with Gasteiger partial charge in [0.1, 0.15) is 13.2 Å². The first-order valence-corrected chi connectivity index (χ1v) is 8.88. The fraction of sp³-hybridized carbons (Fsp3) is 0.632. The molecule has 2 heterocycles. The summed E-state index contributed by atoms with van der Waals surface area (Å²) < 4.78 is 16.9. The Morgan fingerprint density at radius 1 is 1.21 bits per heavy atom. The van der Waals surface area contributed by atoms with Crippen molar-refractivity contribution in [3.8, 4) is 11.5 Å². The van der Waals surface area contributed by atoms with Gasteiger partial charge in [0.2, 0.25) is 5.91 Å². The summed E-state index contributed by atoms with van der Waals surface area (Å²) in [7, 11) is 0. The molecule has 1 aromatic carbocycles. The standard InChI is InChI=1S/C19H27NO4/c1-13(2)17-9-14(5-6-22-17)11-19(21)20-12-15-3-4-16-18(10-15)24-8-7-23-16/h3-4,10,13-14,17H,5-9,11-12H2,1-2H3,(H,20,21). The van der Waals surface area contributed by atoms with E-state index in [-0.39, 0.29) is 12.0 Å². The van der Waals surface area contributed by atoms with Gasteiger partial charge in [-0.3, -0.25) is 4.79 Å². The lowest BCUT2D eigenvalue weighted by Crippen LogP contribution is -2.33. The molecule has 5 heteroatoms. The highest BCUT2D eigenvalue weighted by Crippen LogP contribution is 2.31. The first kappa shape index (κ1) is 17.1. The summed E-state index contributed by atoms with van der Waals surface area (Å²) in [6, 6.07) is 5.82. The van der Waals surface area contributed by atoms with E-state index < -0.39 is 0 Å². The lowest BCUT2D eigenvalue weighted by Gasteiger charge is -2.31. The van der Waals surface area contributed by atoms with Crippen molar-refractivity contribution >= 4 is 5.91 Å². The molecule has 0 aliphatic carbocycles. The maximum Gasteiger partial charge on any atom is 0.220 e. The molecule has 2 aliphatic heterocycles. The maximum atomic E-state index is 12.2. The lowest BCUT2D eigenvalue weighted by atomic mass is 9.88. The third kappa shape index (κ3) is 4.41. The van der Waals surface area contributed by atoms with Gasteiger partial charge in [-0.05, 0) is 42.4 Å². The fourth-order valence-corrected chi connectivity index (χ4v) is 3.28. The molecule has 0 saturated carbocycles. The molecule has 2 unspecified atom stereocenters. The van der Waals surface area contributed by atoms with Gasteiger partial charge in [0.25, 0.3) is 0 Å². The third-order valence-corrected chi connectivity index (χ3v) is 4.74. The largest absolute Gasteiger partial charge is 0.486 e. The Labute approximate surface area is 143 Å². The average Bonchev–Trinajstić information content (AvgIpc) is 2.60. The van der Waals surface area contributed by atoms with Crippen molar-refractivity contribution in [1.29, 1.82) is 0 Å². The zero-order valence-corrected chi connectivity index (χ0v) is 14.5. The second kappa shape index (κ2) is 7.88. The molecule has 132 valence electrons. The highest BCUT2D eigenvalue weighted by molar-refractivity contribution is 5.76. The van der Waals surface area contributed by atoms with Gasteiger partial charge in [-0.1, -0.05) is 19.9 Å². The monoisotopic (exact) mass is 333 g/mol. The van der Waals surface area contributed by atoms with Crippen LogP contribution < -0.4 is 14.8 Å². The van der Waals surface area contributed by atoms with E-state index in [9.17, 15) is 4.79 Å². The Morgan fingerprint density at radius 3 is 2.79 bits per heavy atom. The van der Waals surface area contributed by atoms with Crippen LogP contribution in [0.2, 0.25) is 0 Å². The van der Waals surface area contributed by atoms with Crippen molar-refractivity contribution in [1.82, 2.24) is 5.32 Å². The van der Waals surface area contributed by atoms with E-state index in [4.69, 9.17) is 14.2 Å². The van der Waals surface area contributed by atoms with Crippen molar-refractivity contribution in [2.75, 3.05) is 19.8 Å². The van der Waals surface area contributed by atoms with E-state index in [0.29, 0.717) is 38.0 Å². The van der Waals surface area contributed by atoms with Crippen molar-refractivity contribution in [2.45, 2.75) is 45.8 Å². The van der Waals surface area contributed by atoms with E-state index in [2.05, 4.69) is 19.2 Å². The average molecular weight is 333 g/mol. The highest BCUT2D eigenvalue weighted by atomic mass is 16.6.